The van der Waals surface area contributed by atoms with Crippen molar-refractivity contribution < 1.29 is 33.4 Å². The van der Waals surface area contributed by atoms with E-state index in [1.807, 2.05) is 60.7 Å². The van der Waals surface area contributed by atoms with E-state index in [-0.39, 0.29) is 12.8 Å². The fourth-order valence-electron chi connectivity index (χ4n) is 4.13. The molecule has 0 radical (unpaired) electrons. The fourth-order valence-corrected chi connectivity index (χ4v) is 4.13. The van der Waals surface area contributed by atoms with Gasteiger partial charge in [0.2, 0.25) is 11.8 Å². The topological polar surface area (TPSA) is 144 Å². The Kier molecular flexibility index (Phi) is 14.3. The lowest BCUT2D eigenvalue weighted by atomic mass is 10.0. The normalized spacial score (nSPS) is 21.6. The van der Waals surface area contributed by atoms with Gasteiger partial charge in [-0.05, 0) is 24.0 Å². The number of rotatable bonds is 4. The third kappa shape index (κ3) is 12.5. The molecule has 41 heavy (non-hydrogen) atoms. The van der Waals surface area contributed by atoms with Gasteiger partial charge in [-0.2, -0.15) is 0 Å². The van der Waals surface area contributed by atoms with Crippen LogP contribution in [0.5, 0.6) is 0 Å². The maximum Gasteiger partial charge on any atom is 0.309 e. The lowest BCUT2D eigenvalue weighted by Gasteiger charge is -2.21. The second kappa shape index (κ2) is 18.5. The average molecular weight is 569 g/mol. The van der Waals surface area contributed by atoms with E-state index in [9.17, 15) is 19.2 Å². The summed E-state index contributed by atoms with van der Waals surface area (Å²) >= 11 is 0. The number of carbonyl (C=O) groups excluding carboxylic acids is 4. The zero-order valence-corrected chi connectivity index (χ0v) is 23.3. The van der Waals surface area contributed by atoms with E-state index >= 15 is 0 Å². The van der Waals surface area contributed by atoms with Crippen LogP contribution in [-0.2, 0) is 46.2 Å². The van der Waals surface area contributed by atoms with Crippen molar-refractivity contribution in [2.75, 3.05) is 52.7 Å². The van der Waals surface area contributed by atoms with E-state index in [0.29, 0.717) is 65.6 Å². The van der Waals surface area contributed by atoms with Gasteiger partial charge in [0.15, 0.2) is 0 Å². The third-order valence-corrected chi connectivity index (χ3v) is 6.29. The number of hydrogen-bond donors (Lipinski definition) is 4. The molecule has 11 heteroatoms. The van der Waals surface area contributed by atoms with Crippen molar-refractivity contribution in [1.82, 2.24) is 21.3 Å². The minimum atomic E-state index is -0.998. The van der Waals surface area contributed by atoms with Crippen LogP contribution in [0.25, 0.3) is 0 Å². The predicted octanol–water partition coefficient (Wildman–Crippen LogP) is 0.517. The van der Waals surface area contributed by atoms with Crippen LogP contribution >= 0.6 is 0 Å². The Balaban J connectivity index is 1.70. The Hall–Kier alpha value is -3.80. The molecule has 1 heterocycles. The van der Waals surface area contributed by atoms with Crippen LogP contribution in [-0.4, -0.2) is 88.4 Å². The van der Waals surface area contributed by atoms with Crippen molar-refractivity contribution >= 4 is 23.6 Å². The highest BCUT2D eigenvalue weighted by molar-refractivity contribution is 6.36. The van der Waals surface area contributed by atoms with Crippen LogP contribution < -0.4 is 21.3 Å². The van der Waals surface area contributed by atoms with Crippen LogP contribution in [0.2, 0.25) is 0 Å². The Morgan fingerprint density at radius 1 is 0.537 bits per heavy atom. The number of carbonyl (C=O) groups is 4. The molecular weight excluding hydrogens is 528 g/mol. The molecule has 11 nitrogen and oxygen atoms in total. The number of hydrogen-bond acceptors (Lipinski definition) is 7. The molecular formula is C30H40N4O7. The lowest BCUT2D eigenvalue weighted by Crippen LogP contribution is -2.55. The summed E-state index contributed by atoms with van der Waals surface area (Å²) in [6, 6.07) is 16.4. The second-order valence-electron chi connectivity index (χ2n) is 9.56. The molecule has 2 aromatic rings. The Labute approximate surface area is 240 Å². The summed E-state index contributed by atoms with van der Waals surface area (Å²) in [5, 5.41) is 10.7. The highest BCUT2D eigenvalue weighted by atomic mass is 16.5. The van der Waals surface area contributed by atoms with Crippen molar-refractivity contribution in [3.63, 3.8) is 0 Å². The maximum absolute atomic E-state index is 13.0. The molecule has 1 fully saturated rings. The Morgan fingerprint density at radius 3 is 1.29 bits per heavy atom. The zero-order chi connectivity index (χ0) is 29.1. The molecule has 222 valence electrons. The van der Waals surface area contributed by atoms with Gasteiger partial charge in [0.25, 0.3) is 0 Å². The molecule has 2 aromatic carbocycles. The average Bonchev–Trinajstić information content (AvgIpc) is 2.98. The Bertz CT molecular complexity index is 999. The van der Waals surface area contributed by atoms with Crippen LogP contribution in [0.4, 0.5) is 0 Å². The molecule has 0 unspecified atom stereocenters. The summed E-state index contributed by atoms with van der Waals surface area (Å²) < 4.78 is 16.5. The number of ether oxygens (including phenoxy) is 3. The monoisotopic (exact) mass is 568 g/mol. The van der Waals surface area contributed by atoms with Gasteiger partial charge in [0.05, 0.1) is 26.4 Å². The van der Waals surface area contributed by atoms with Crippen LogP contribution in [0, 0.1) is 0 Å². The molecule has 1 aliphatic heterocycles. The number of benzene rings is 2. The van der Waals surface area contributed by atoms with Gasteiger partial charge in [0, 0.05) is 39.1 Å². The SMILES string of the molecule is O=C1N[C@@H](Cc2ccccc2)C(=O)NCCCOCCOCCOCCCNC(=O)[C@H](Cc2ccccc2)NC1=O. The van der Waals surface area contributed by atoms with Crippen molar-refractivity contribution in [3.8, 4) is 0 Å². The molecule has 1 aliphatic rings. The van der Waals surface area contributed by atoms with E-state index in [0.717, 1.165) is 11.1 Å². The summed E-state index contributed by atoms with van der Waals surface area (Å²) in [6.45, 7) is 3.24. The molecule has 0 aromatic heterocycles. The third-order valence-electron chi connectivity index (χ3n) is 6.29. The first kappa shape index (κ1) is 31.7. The summed E-state index contributed by atoms with van der Waals surface area (Å²) in [5.41, 5.74) is 1.64. The predicted molar refractivity (Wildman–Crippen MR) is 152 cm³/mol. The van der Waals surface area contributed by atoms with Gasteiger partial charge >= 0.3 is 11.8 Å². The van der Waals surface area contributed by atoms with Crippen molar-refractivity contribution in [1.29, 1.82) is 0 Å². The van der Waals surface area contributed by atoms with Gasteiger partial charge in [-0.25, -0.2) is 0 Å². The molecule has 4 amide bonds. The van der Waals surface area contributed by atoms with Crippen molar-refractivity contribution in [2.45, 2.75) is 37.8 Å². The van der Waals surface area contributed by atoms with E-state index in [1.54, 1.807) is 0 Å². The standard InChI is InChI=1S/C30H40N4O7/c35-27-25(21-23-9-3-1-4-10-23)33-29(37)30(38)34-26(22-24-11-5-2-6-12-24)28(36)32-14-8-16-40-18-20-41-19-17-39-15-7-13-31-27/h1-6,9-12,25-26H,7-8,13-22H2,(H,31,35)(H,32,36)(H,33,37)(H,34,38)/t25-,26-/m0/s1. The van der Waals surface area contributed by atoms with Gasteiger partial charge in [0.1, 0.15) is 12.1 Å². The number of nitrogens with one attached hydrogen (secondary N) is 4. The molecule has 4 N–H and O–H groups in total. The molecule has 1 saturated heterocycles. The molecule has 0 saturated carbocycles. The van der Waals surface area contributed by atoms with Crippen LogP contribution in [0.15, 0.2) is 60.7 Å². The summed E-state index contributed by atoms with van der Waals surface area (Å²) in [7, 11) is 0. The first-order chi connectivity index (χ1) is 20.0. The minimum Gasteiger partial charge on any atom is -0.379 e. The minimum absolute atomic E-state index is 0.190. The lowest BCUT2D eigenvalue weighted by molar-refractivity contribution is -0.142. The van der Waals surface area contributed by atoms with Crippen molar-refractivity contribution in [3.05, 3.63) is 71.8 Å². The van der Waals surface area contributed by atoms with Crippen LogP contribution in [0.1, 0.15) is 24.0 Å². The van der Waals surface area contributed by atoms with Crippen molar-refractivity contribution in [2.24, 2.45) is 0 Å². The molecule has 0 spiro atoms. The second-order valence-corrected chi connectivity index (χ2v) is 9.56. The largest absolute Gasteiger partial charge is 0.379 e. The Morgan fingerprint density at radius 2 is 0.902 bits per heavy atom. The van der Waals surface area contributed by atoms with E-state index in [2.05, 4.69) is 21.3 Å². The molecule has 0 bridgehead atoms. The smallest absolute Gasteiger partial charge is 0.309 e. The van der Waals surface area contributed by atoms with Gasteiger partial charge in [-0.3, -0.25) is 19.2 Å². The van der Waals surface area contributed by atoms with Crippen LogP contribution in [0.3, 0.4) is 0 Å². The maximum atomic E-state index is 13.0. The highest BCUT2D eigenvalue weighted by Crippen LogP contribution is 2.06. The summed E-state index contributed by atoms with van der Waals surface area (Å²) in [4.78, 5) is 52.0. The quantitative estimate of drug-likeness (QED) is 0.394. The van der Waals surface area contributed by atoms with E-state index in [1.165, 1.54) is 0 Å². The zero-order valence-electron chi connectivity index (χ0n) is 23.3. The van der Waals surface area contributed by atoms with E-state index < -0.39 is 35.7 Å². The van der Waals surface area contributed by atoms with Gasteiger partial charge in [-0.1, -0.05) is 60.7 Å². The summed E-state index contributed by atoms with van der Waals surface area (Å²) in [5.74, 6) is -2.84. The molecule has 2 atom stereocenters. The fraction of sp³-hybridized carbons (Fsp3) is 0.467. The van der Waals surface area contributed by atoms with Gasteiger partial charge < -0.3 is 35.5 Å². The first-order valence-electron chi connectivity index (χ1n) is 14.0. The summed E-state index contributed by atoms with van der Waals surface area (Å²) in [6.07, 6.45) is 1.51. The van der Waals surface area contributed by atoms with Gasteiger partial charge in [-0.15, -0.1) is 0 Å². The molecule has 3 rings (SSSR count). The highest BCUT2D eigenvalue weighted by Gasteiger charge is 2.28. The number of amides is 4. The molecule has 0 aliphatic carbocycles. The van der Waals surface area contributed by atoms with E-state index in [4.69, 9.17) is 14.2 Å². The first-order valence-corrected chi connectivity index (χ1v) is 14.0.